The quantitative estimate of drug-likeness (QED) is 0.785. The molecule has 0 aromatic carbocycles. The maximum atomic E-state index is 12.6. The number of nitrogens with one attached hydrogen (secondary N) is 1. The molecule has 0 spiro atoms. The zero-order valence-electron chi connectivity index (χ0n) is 12.8. The number of alkyl halides is 3. The molecular weight excluding hydrogens is 335 g/mol. The van der Waals surface area contributed by atoms with E-state index in [9.17, 15) is 13.2 Å². The summed E-state index contributed by atoms with van der Waals surface area (Å²) in [4.78, 5) is 11.7. The Kier molecular flexibility index (Phi) is 4.06. The topological polar surface area (TPSA) is 92.3 Å². The number of hydrogen-bond donors (Lipinski definition) is 1. The highest BCUT2D eigenvalue weighted by Crippen LogP contribution is 2.30. The number of aromatic nitrogens is 5. The number of pyridine rings is 1. The van der Waals surface area contributed by atoms with E-state index in [0.29, 0.717) is 23.0 Å². The van der Waals surface area contributed by atoms with Crippen LogP contribution in [0.4, 0.5) is 24.8 Å². The first-order chi connectivity index (χ1) is 11.9. The molecule has 0 aliphatic carbocycles. The van der Waals surface area contributed by atoms with Crippen molar-refractivity contribution in [1.29, 1.82) is 5.26 Å². The van der Waals surface area contributed by atoms with Crippen molar-refractivity contribution < 1.29 is 13.2 Å². The molecule has 1 N–H and O–H groups in total. The number of anilines is 2. The molecule has 0 aliphatic rings. The summed E-state index contributed by atoms with van der Waals surface area (Å²) >= 11 is 0. The fourth-order valence-electron chi connectivity index (χ4n) is 2.06. The van der Waals surface area contributed by atoms with Gasteiger partial charge < -0.3 is 5.32 Å². The smallest absolute Gasteiger partial charge is 0.322 e. The van der Waals surface area contributed by atoms with E-state index in [0.717, 1.165) is 12.3 Å². The second-order valence-corrected chi connectivity index (χ2v) is 4.99. The molecule has 0 saturated heterocycles. The van der Waals surface area contributed by atoms with Crippen molar-refractivity contribution in [3.8, 4) is 17.5 Å². The first-order valence-electron chi connectivity index (χ1n) is 6.93. The predicted molar refractivity (Wildman–Crippen MR) is 81.5 cm³/mol. The summed E-state index contributed by atoms with van der Waals surface area (Å²) in [5, 5.41) is 15.8. The van der Waals surface area contributed by atoms with Gasteiger partial charge in [-0.05, 0) is 12.1 Å². The van der Waals surface area contributed by atoms with Crippen molar-refractivity contribution in [3.05, 3.63) is 48.0 Å². The third kappa shape index (κ3) is 3.55. The highest BCUT2D eigenvalue weighted by atomic mass is 19.4. The molecule has 3 aromatic rings. The Hall–Kier alpha value is -3.48. The van der Waals surface area contributed by atoms with Gasteiger partial charge in [-0.15, -0.1) is 0 Å². The molecule has 10 heteroatoms. The monoisotopic (exact) mass is 345 g/mol. The lowest BCUT2D eigenvalue weighted by molar-refractivity contribution is -0.137. The summed E-state index contributed by atoms with van der Waals surface area (Å²) in [7, 11) is 1.64. The molecule has 0 fully saturated rings. The molecule has 0 saturated carbocycles. The van der Waals surface area contributed by atoms with Gasteiger partial charge in [0.05, 0.1) is 29.3 Å². The molecule has 126 valence electrons. The molecule has 0 bridgehead atoms. The zero-order valence-corrected chi connectivity index (χ0v) is 12.8. The van der Waals surface area contributed by atoms with Crippen LogP contribution in [0.15, 0.2) is 36.8 Å². The molecular formula is C15H10F3N7. The zero-order chi connectivity index (χ0) is 18.0. The third-order valence-corrected chi connectivity index (χ3v) is 3.26. The summed E-state index contributed by atoms with van der Waals surface area (Å²) in [6.07, 6.45) is -0.965. The van der Waals surface area contributed by atoms with E-state index >= 15 is 0 Å². The van der Waals surface area contributed by atoms with Crippen LogP contribution in [0.5, 0.6) is 0 Å². The molecule has 7 nitrogen and oxygen atoms in total. The average molecular weight is 345 g/mol. The van der Waals surface area contributed by atoms with Gasteiger partial charge in [0.25, 0.3) is 0 Å². The fraction of sp³-hybridized carbons (Fsp3) is 0.133. The molecule has 0 amide bonds. The van der Waals surface area contributed by atoms with Gasteiger partial charge in [-0.2, -0.15) is 23.5 Å². The maximum absolute atomic E-state index is 12.6. The lowest BCUT2D eigenvalue weighted by Crippen LogP contribution is -2.05. The molecule has 3 aromatic heterocycles. The minimum Gasteiger partial charge on any atom is -0.322 e. The Balaban J connectivity index is 1.83. The van der Waals surface area contributed by atoms with Crippen LogP contribution in [0.25, 0.3) is 11.4 Å². The number of nitriles is 1. The van der Waals surface area contributed by atoms with Gasteiger partial charge in [-0.1, -0.05) is 0 Å². The Morgan fingerprint density at radius 2 is 1.88 bits per heavy atom. The van der Waals surface area contributed by atoms with Crippen molar-refractivity contribution in [3.63, 3.8) is 0 Å². The largest absolute Gasteiger partial charge is 0.417 e. The Morgan fingerprint density at radius 3 is 2.44 bits per heavy atom. The second-order valence-electron chi connectivity index (χ2n) is 4.99. The molecule has 0 unspecified atom stereocenters. The van der Waals surface area contributed by atoms with Crippen LogP contribution in [0.3, 0.4) is 0 Å². The van der Waals surface area contributed by atoms with Crippen LogP contribution in [0.1, 0.15) is 11.3 Å². The molecule has 3 rings (SSSR count). The van der Waals surface area contributed by atoms with E-state index in [1.165, 1.54) is 23.1 Å². The van der Waals surface area contributed by atoms with Crippen molar-refractivity contribution >= 4 is 11.6 Å². The van der Waals surface area contributed by atoms with Gasteiger partial charge in [-0.3, -0.25) is 9.67 Å². The van der Waals surface area contributed by atoms with E-state index in [2.05, 4.69) is 25.4 Å². The van der Waals surface area contributed by atoms with Crippen LogP contribution >= 0.6 is 0 Å². The van der Waals surface area contributed by atoms with E-state index < -0.39 is 11.7 Å². The number of hydrogen-bond acceptors (Lipinski definition) is 6. The fourth-order valence-corrected chi connectivity index (χ4v) is 2.06. The highest BCUT2D eigenvalue weighted by molar-refractivity contribution is 5.62. The molecule has 3 heterocycles. The van der Waals surface area contributed by atoms with Gasteiger partial charge >= 0.3 is 6.18 Å². The van der Waals surface area contributed by atoms with Gasteiger partial charge in [0.2, 0.25) is 0 Å². The van der Waals surface area contributed by atoms with Crippen LogP contribution in [0.2, 0.25) is 0 Å². The van der Waals surface area contributed by atoms with Crippen molar-refractivity contribution in [2.75, 3.05) is 5.32 Å². The van der Waals surface area contributed by atoms with Crippen LogP contribution in [-0.4, -0.2) is 24.7 Å². The summed E-state index contributed by atoms with van der Waals surface area (Å²) < 4.78 is 39.3. The van der Waals surface area contributed by atoms with E-state index in [-0.39, 0.29) is 5.69 Å². The molecule has 25 heavy (non-hydrogen) atoms. The summed E-state index contributed by atoms with van der Waals surface area (Å²) in [6, 6.07) is 5.73. The van der Waals surface area contributed by atoms with Crippen LogP contribution in [0, 0.1) is 11.3 Å². The number of nitrogens with zero attached hydrogens (tertiary/aromatic N) is 6. The normalized spacial score (nSPS) is 11.2. The average Bonchev–Trinajstić information content (AvgIpc) is 2.95. The van der Waals surface area contributed by atoms with Crippen LogP contribution < -0.4 is 5.32 Å². The standard InChI is InChI=1S/C15H10F3N7/c1-25-12(11-3-2-9(6-21-11)15(16,17)18)4-13(24-25)23-14-8-20-10(5-19)7-22-14/h2-4,6-8H,1H3,(H,22,23,24). The summed E-state index contributed by atoms with van der Waals surface area (Å²) in [5.41, 5.74) is 0.241. The number of rotatable bonds is 3. The number of aryl methyl sites for hydroxylation is 1. The van der Waals surface area contributed by atoms with E-state index in [1.807, 2.05) is 6.07 Å². The van der Waals surface area contributed by atoms with Gasteiger partial charge in [0.15, 0.2) is 11.5 Å². The second kappa shape index (κ2) is 6.20. The van der Waals surface area contributed by atoms with Crippen molar-refractivity contribution in [2.24, 2.45) is 7.05 Å². The highest BCUT2D eigenvalue weighted by Gasteiger charge is 2.30. The number of halogens is 3. The minimum atomic E-state index is -4.43. The third-order valence-electron chi connectivity index (χ3n) is 3.26. The molecule has 0 radical (unpaired) electrons. The van der Waals surface area contributed by atoms with E-state index in [4.69, 9.17) is 5.26 Å². The Bertz CT molecular complexity index is 922. The lowest BCUT2D eigenvalue weighted by Gasteiger charge is -2.06. The minimum absolute atomic E-state index is 0.182. The predicted octanol–water partition coefficient (Wildman–Crippen LogP) is 2.91. The Morgan fingerprint density at radius 1 is 1.08 bits per heavy atom. The van der Waals surface area contributed by atoms with Gasteiger partial charge in [-0.25, -0.2) is 9.97 Å². The van der Waals surface area contributed by atoms with Crippen molar-refractivity contribution in [2.45, 2.75) is 6.18 Å². The van der Waals surface area contributed by atoms with Crippen LogP contribution in [-0.2, 0) is 13.2 Å². The molecule has 0 atom stereocenters. The summed E-state index contributed by atoms with van der Waals surface area (Å²) in [6.45, 7) is 0. The lowest BCUT2D eigenvalue weighted by atomic mass is 10.2. The first-order valence-corrected chi connectivity index (χ1v) is 6.93. The molecule has 0 aliphatic heterocycles. The SMILES string of the molecule is Cn1nc(Nc2cnc(C#N)cn2)cc1-c1ccc(C(F)(F)F)cn1. The maximum Gasteiger partial charge on any atom is 0.417 e. The first kappa shape index (κ1) is 16.4. The van der Waals surface area contributed by atoms with Gasteiger partial charge in [0.1, 0.15) is 11.9 Å². The van der Waals surface area contributed by atoms with E-state index in [1.54, 1.807) is 13.1 Å². The summed E-state index contributed by atoms with van der Waals surface area (Å²) in [5.74, 6) is 0.794. The van der Waals surface area contributed by atoms with Crippen molar-refractivity contribution in [1.82, 2.24) is 24.7 Å². The van der Waals surface area contributed by atoms with Gasteiger partial charge in [0, 0.05) is 19.3 Å². The Labute approximate surface area is 139 Å².